The highest BCUT2D eigenvalue weighted by Crippen LogP contribution is 2.19. The molecule has 0 spiro atoms. The number of aromatic nitrogens is 2. The second-order valence-corrected chi connectivity index (χ2v) is 7.23. The van der Waals surface area contributed by atoms with Gasteiger partial charge in [0.25, 0.3) is 5.56 Å². The topological polar surface area (TPSA) is 84.1 Å². The van der Waals surface area contributed by atoms with Gasteiger partial charge in [0.1, 0.15) is 11.6 Å². The van der Waals surface area contributed by atoms with E-state index >= 15 is 0 Å². The van der Waals surface area contributed by atoms with Crippen LogP contribution in [0.3, 0.4) is 0 Å². The predicted molar refractivity (Wildman–Crippen MR) is 109 cm³/mol. The van der Waals surface area contributed by atoms with Crippen molar-refractivity contribution in [1.29, 1.82) is 0 Å². The van der Waals surface area contributed by atoms with E-state index in [1.165, 1.54) is 30.0 Å². The Balaban J connectivity index is 1.58. The van der Waals surface area contributed by atoms with Gasteiger partial charge in [0.2, 0.25) is 5.91 Å². The summed E-state index contributed by atoms with van der Waals surface area (Å²) in [6.45, 7) is 0.348. The first-order chi connectivity index (χ1) is 14.0. The molecule has 29 heavy (non-hydrogen) atoms. The van der Waals surface area contributed by atoms with E-state index < -0.39 is 0 Å². The molecule has 0 unspecified atom stereocenters. The second-order valence-electron chi connectivity index (χ2n) is 6.27. The molecule has 2 N–H and O–H groups in total. The smallest absolute Gasteiger partial charge is 0.251 e. The molecule has 1 amide bonds. The van der Waals surface area contributed by atoms with Crippen LogP contribution in [0, 0.1) is 5.82 Å². The second kappa shape index (κ2) is 9.88. The first kappa shape index (κ1) is 20.6. The van der Waals surface area contributed by atoms with Crippen LogP contribution in [0.5, 0.6) is 5.75 Å². The van der Waals surface area contributed by atoms with Crippen LogP contribution in [0.1, 0.15) is 16.8 Å². The Morgan fingerprint density at radius 2 is 1.97 bits per heavy atom. The van der Waals surface area contributed by atoms with E-state index in [1.54, 1.807) is 19.2 Å². The molecule has 0 aliphatic carbocycles. The molecule has 3 aromatic rings. The van der Waals surface area contributed by atoms with Gasteiger partial charge in [-0.15, -0.1) is 0 Å². The van der Waals surface area contributed by atoms with Crippen LogP contribution >= 0.6 is 11.8 Å². The number of nitrogens with one attached hydrogen (secondary N) is 2. The third-order valence-electron chi connectivity index (χ3n) is 4.00. The summed E-state index contributed by atoms with van der Waals surface area (Å²) in [5.41, 5.74) is 1.72. The van der Waals surface area contributed by atoms with E-state index in [0.717, 1.165) is 11.1 Å². The molecule has 0 aliphatic rings. The lowest BCUT2D eigenvalue weighted by Crippen LogP contribution is -2.25. The zero-order chi connectivity index (χ0) is 20.6. The highest BCUT2D eigenvalue weighted by molar-refractivity contribution is 7.98. The number of carbonyl (C=O) groups is 1. The molecule has 8 heteroatoms. The van der Waals surface area contributed by atoms with Crippen LogP contribution < -0.4 is 15.6 Å². The Morgan fingerprint density at radius 1 is 1.17 bits per heavy atom. The fourth-order valence-corrected chi connectivity index (χ4v) is 3.47. The number of ether oxygens (including phenoxy) is 1. The number of hydrogen-bond acceptors (Lipinski definition) is 5. The molecular formula is C21H20FN3O3S. The van der Waals surface area contributed by atoms with Gasteiger partial charge in [-0.25, -0.2) is 9.37 Å². The van der Waals surface area contributed by atoms with E-state index in [9.17, 15) is 14.0 Å². The van der Waals surface area contributed by atoms with Crippen molar-refractivity contribution >= 4 is 17.7 Å². The first-order valence-electron chi connectivity index (χ1n) is 8.89. The highest BCUT2D eigenvalue weighted by Gasteiger charge is 2.09. The van der Waals surface area contributed by atoms with Crippen molar-refractivity contribution in [2.24, 2.45) is 0 Å². The van der Waals surface area contributed by atoms with Gasteiger partial charge in [0, 0.05) is 18.4 Å². The number of halogens is 1. The number of methoxy groups -OCH3 is 1. The standard InChI is InChI=1S/C21H20FN3O3S/c1-28-18-7-3-4-14(9-18)12-23-19(26)10-17-11-20(27)25-21(24-17)29-13-15-5-2-6-16(22)8-15/h2-9,11H,10,12-13H2,1H3,(H,23,26)(H,24,25,27). The fraction of sp³-hybridized carbons (Fsp3) is 0.190. The molecular weight excluding hydrogens is 393 g/mol. The number of nitrogens with zero attached hydrogens (tertiary/aromatic N) is 1. The van der Waals surface area contributed by atoms with Crippen LogP contribution in [0.2, 0.25) is 0 Å². The number of hydrogen-bond donors (Lipinski definition) is 2. The maximum absolute atomic E-state index is 13.3. The Labute approximate surface area is 171 Å². The minimum atomic E-state index is -0.336. The molecule has 150 valence electrons. The van der Waals surface area contributed by atoms with Crippen LogP contribution in [0.15, 0.2) is 64.5 Å². The maximum Gasteiger partial charge on any atom is 0.251 e. The SMILES string of the molecule is COc1cccc(CNC(=O)Cc2cc(=O)[nH]c(SCc3cccc(F)c3)n2)c1. The normalized spacial score (nSPS) is 10.6. The van der Waals surface area contributed by atoms with Gasteiger partial charge in [0.15, 0.2) is 5.16 Å². The molecule has 6 nitrogen and oxygen atoms in total. The van der Waals surface area contributed by atoms with E-state index in [0.29, 0.717) is 28.9 Å². The third kappa shape index (κ3) is 6.46. The zero-order valence-electron chi connectivity index (χ0n) is 15.8. The van der Waals surface area contributed by atoms with Gasteiger partial charge in [-0.1, -0.05) is 36.0 Å². The Kier molecular flexibility index (Phi) is 7.02. The van der Waals surface area contributed by atoms with Crippen molar-refractivity contribution in [3.8, 4) is 5.75 Å². The average molecular weight is 413 g/mol. The van der Waals surface area contributed by atoms with Crippen LogP contribution in [-0.2, 0) is 23.5 Å². The van der Waals surface area contributed by atoms with Crippen molar-refractivity contribution in [3.63, 3.8) is 0 Å². The van der Waals surface area contributed by atoms with Crippen molar-refractivity contribution in [1.82, 2.24) is 15.3 Å². The largest absolute Gasteiger partial charge is 0.497 e. The van der Waals surface area contributed by atoms with E-state index in [4.69, 9.17) is 4.74 Å². The quantitative estimate of drug-likeness (QED) is 0.438. The van der Waals surface area contributed by atoms with Gasteiger partial charge in [0.05, 0.1) is 19.2 Å². The monoisotopic (exact) mass is 413 g/mol. The molecule has 0 bridgehead atoms. The summed E-state index contributed by atoms with van der Waals surface area (Å²) in [4.78, 5) is 31.1. The van der Waals surface area contributed by atoms with Crippen LogP contribution in [-0.4, -0.2) is 23.0 Å². The summed E-state index contributed by atoms with van der Waals surface area (Å²) in [6.07, 6.45) is -0.0125. The first-order valence-corrected chi connectivity index (χ1v) is 9.87. The number of amides is 1. The van der Waals surface area contributed by atoms with Gasteiger partial charge in [-0.3, -0.25) is 9.59 Å². The fourth-order valence-electron chi connectivity index (χ4n) is 2.63. The molecule has 1 aromatic heterocycles. The van der Waals surface area contributed by atoms with E-state index in [2.05, 4.69) is 15.3 Å². The predicted octanol–water partition coefficient (Wildman–Crippen LogP) is 3.07. The summed E-state index contributed by atoms with van der Waals surface area (Å²) in [6, 6.07) is 14.9. The van der Waals surface area contributed by atoms with Crippen LogP contribution in [0.4, 0.5) is 4.39 Å². The number of thioether (sulfide) groups is 1. The molecule has 3 rings (SSSR count). The van der Waals surface area contributed by atoms with E-state index in [-0.39, 0.29) is 23.7 Å². The van der Waals surface area contributed by atoms with Gasteiger partial charge in [-0.05, 0) is 35.4 Å². The lowest BCUT2D eigenvalue weighted by atomic mass is 10.2. The lowest BCUT2D eigenvalue weighted by Gasteiger charge is -2.08. The number of benzene rings is 2. The molecule has 0 atom stereocenters. The minimum Gasteiger partial charge on any atom is -0.497 e. The molecule has 1 heterocycles. The number of H-pyrrole nitrogens is 1. The van der Waals surface area contributed by atoms with Crippen molar-refractivity contribution in [2.75, 3.05) is 7.11 Å². The Bertz CT molecular complexity index is 1060. The summed E-state index contributed by atoms with van der Waals surface area (Å²) in [5, 5.41) is 3.19. The third-order valence-corrected chi connectivity index (χ3v) is 4.95. The maximum atomic E-state index is 13.3. The zero-order valence-corrected chi connectivity index (χ0v) is 16.6. The van der Waals surface area contributed by atoms with Crippen molar-refractivity contribution < 1.29 is 13.9 Å². The number of rotatable bonds is 8. The molecule has 0 aliphatic heterocycles. The summed E-state index contributed by atoms with van der Waals surface area (Å²) in [7, 11) is 1.58. The Morgan fingerprint density at radius 3 is 2.76 bits per heavy atom. The molecule has 0 radical (unpaired) electrons. The molecule has 0 fully saturated rings. The minimum absolute atomic E-state index is 0.0125. The van der Waals surface area contributed by atoms with E-state index in [1.807, 2.05) is 24.3 Å². The van der Waals surface area contributed by atoms with Gasteiger partial charge >= 0.3 is 0 Å². The van der Waals surface area contributed by atoms with Crippen molar-refractivity contribution in [2.45, 2.75) is 23.9 Å². The summed E-state index contributed by atoms with van der Waals surface area (Å²) in [5.74, 6) is 0.609. The average Bonchev–Trinajstić information content (AvgIpc) is 2.70. The van der Waals surface area contributed by atoms with Crippen LogP contribution in [0.25, 0.3) is 0 Å². The number of aromatic amines is 1. The van der Waals surface area contributed by atoms with Crippen molar-refractivity contribution in [3.05, 3.63) is 87.6 Å². The van der Waals surface area contributed by atoms with Gasteiger partial charge < -0.3 is 15.0 Å². The summed E-state index contributed by atoms with van der Waals surface area (Å²) < 4.78 is 18.4. The summed E-state index contributed by atoms with van der Waals surface area (Å²) >= 11 is 1.27. The highest BCUT2D eigenvalue weighted by atomic mass is 32.2. The molecule has 2 aromatic carbocycles. The Hall–Kier alpha value is -3.13. The van der Waals surface area contributed by atoms with Gasteiger partial charge in [-0.2, -0.15) is 0 Å². The lowest BCUT2D eigenvalue weighted by molar-refractivity contribution is -0.120. The molecule has 0 saturated heterocycles. The number of carbonyl (C=O) groups excluding carboxylic acids is 1. The molecule has 0 saturated carbocycles.